The van der Waals surface area contributed by atoms with Crippen molar-refractivity contribution in [2.24, 2.45) is 0 Å². The van der Waals surface area contributed by atoms with Gasteiger partial charge < -0.3 is 10.1 Å². The molecule has 1 N–H and O–H groups in total. The molecule has 4 nitrogen and oxygen atoms in total. The van der Waals surface area contributed by atoms with Crippen LogP contribution in [0.4, 0.5) is 0 Å². The van der Waals surface area contributed by atoms with Gasteiger partial charge in [-0.3, -0.25) is 0 Å². The van der Waals surface area contributed by atoms with Crippen molar-refractivity contribution in [2.45, 2.75) is 18.9 Å². The largest absolute Gasteiger partial charge is 0.475 e. The first-order valence-electron chi connectivity index (χ1n) is 5.11. The molecule has 0 spiro atoms. The summed E-state index contributed by atoms with van der Waals surface area (Å²) in [6, 6.07) is 5.91. The molecular weight excluding hydrogens is 190 g/mol. The molecule has 1 aliphatic rings. The minimum Gasteiger partial charge on any atom is -0.475 e. The Labute approximate surface area is 88.9 Å². The van der Waals surface area contributed by atoms with Crippen LogP contribution in [0.15, 0.2) is 18.3 Å². The first-order valence-corrected chi connectivity index (χ1v) is 5.11. The molecule has 0 aliphatic carbocycles. The van der Waals surface area contributed by atoms with Gasteiger partial charge in [0.05, 0.1) is 0 Å². The molecule has 78 valence electrons. The van der Waals surface area contributed by atoms with Crippen molar-refractivity contribution in [3.05, 3.63) is 23.9 Å². The summed E-state index contributed by atoms with van der Waals surface area (Å²) in [5, 5.41) is 12.2. The second-order valence-corrected chi connectivity index (χ2v) is 3.57. The average molecular weight is 203 g/mol. The van der Waals surface area contributed by atoms with Crippen LogP contribution >= 0.6 is 0 Å². The maximum atomic E-state index is 8.82. The van der Waals surface area contributed by atoms with E-state index < -0.39 is 0 Å². The molecule has 1 atom stereocenters. The number of hydrogen-bond acceptors (Lipinski definition) is 4. The van der Waals surface area contributed by atoms with Gasteiger partial charge >= 0.3 is 0 Å². The molecule has 4 heteroatoms. The Morgan fingerprint density at radius 2 is 2.60 bits per heavy atom. The van der Waals surface area contributed by atoms with E-state index in [0.717, 1.165) is 13.0 Å². The van der Waals surface area contributed by atoms with Crippen molar-refractivity contribution in [1.29, 1.82) is 5.26 Å². The summed E-state index contributed by atoms with van der Waals surface area (Å²) in [6.45, 7) is 1.65. The van der Waals surface area contributed by atoms with Gasteiger partial charge in [-0.05, 0) is 31.5 Å². The van der Waals surface area contributed by atoms with Gasteiger partial charge in [-0.2, -0.15) is 5.26 Å². The molecule has 1 aliphatic heterocycles. The number of rotatable bonds is 3. The van der Waals surface area contributed by atoms with E-state index in [2.05, 4.69) is 16.4 Å². The van der Waals surface area contributed by atoms with Crippen molar-refractivity contribution in [2.75, 3.05) is 13.2 Å². The summed E-state index contributed by atoms with van der Waals surface area (Å²) in [5.41, 5.74) is 0.496. The Balaban J connectivity index is 1.95. The lowest BCUT2D eigenvalue weighted by Gasteiger charge is -2.11. The quantitative estimate of drug-likeness (QED) is 0.798. The molecular formula is C11H13N3O. The average Bonchev–Trinajstić information content (AvgIpc) is 2.79. The van der Waals surface area contributed by atoms with Gasteiger partial charge in [-0.1, -0.05) is 0 Å². The van der Waals surface area contributed by atoms with E-state index in [4.69, 9.17) is 10.00 Å². The number of nitrogens with zero attached hydrogens (tertiary/aromatic N) is 2. The maximum Gasteiger partial charge on any atom is 0.231 e. The highest BCUT2D eigenvalue weighted by Crippen LogP contribution is 2.14. The van der Waals surface area contributed by atoms with Gasteiger partial charge in [-0.25, -0.2) is 4.98 Å². The zero-order chi connectivity index (χ0) is 10.5. The number of aromatic nitrogens is 1. The number of pyridine rings is 1. The van der Waals surface area contributed by atoms with Crippen molar-refractivity contribution < 1.29 is 4.74 Å². The summed E-state index contributed by atoms with van der Waals surface area (Å²) in [7, 11) is 0. The zero-order valence-corrected chi connectivity index (χ0v) is 8.44. The highest BCUT2D eigenvalue weighted by atomic mass is 16.5. The highest BCUT2D eigenvalue weighted by Gasteiger charge is 2.15. The molecule has 0 bridgehead atoms. The van der Waals surface area contributed by atoms with Crippen LogP contribution in [-0.2, 0) is 0 Å². The molecule has 0 saturated carbocycles. The molecule has 2 rings (SSSR count). The molecule has 15 heavy (non-hydrogen) atoms. The van der Waals surface area contributed by atoms with E-state index in [-0.39, 0.29) is 0 Å². The Kier molecular flexibility index (Phi) is 3.15. The van der Waals surface area contributed by atoms with Crippen LogP contribution in [0.25, 0.3) is 0 Å². The molecule has 0 radical (unpaired) electrons. The smallest absolute Gasteiger partial charge is 0.231 e. The molecule has 1 aromatic heterocycles. The molecule has 2 heterocycles. The lowest BCUT2D eigenvalue weighted by molar-refractivity contribution is 0.267. The fraction of sp³-hybridized carbons (Fsp3) is 0.455. The van der Waals surface area contributed by atoms with Crippen LogP contribution in [0.2, 0.25) is 0 Å². The Bertz CT molecular complexity index is 366. The molecule has 0 unspecified atom stereocenters. The Morgan fingerprint density at radius 1 is 1.67 bits per heavy atom. The molecule has 1 aromatic rings. The topological polar surface area (TPSA) is 57.9 Å². The van der Waals surface area contributed by atoms with Crippen molar-refractivity contribution >= 4 is 0 Å². The van der Waals surface area contributed by atoms with Crippen molar-refractivity contribution in [3.63, 3.8) is 0 Å². The van der Waals surface area contributed by atoms with Gasteiger partial charge in [0, 0.05) is 12.2 Å². The third kappa shape index (κ3) is 2.45. The molecule has 0 amide bonds. The minimum atomic E-state index is 0.401. The van der Waals surface area contributed by atoms with Crippen molar-refractivity contribution in [1.82, 2.24) is 10.3 Å². The standard InChI is InChI=1S/C11H13N3O/c12-7-9-3-1-6-14-11(9)15-8-10-4-2-5-13-10/h1,3,6,10,13H,2,4-5,8H2/t10-/m1/s1. The number of nitriles is 1. The van der Waals surface area contributed by atoms with E-state index in [0.29, 0.717) is 24.1 Å². The fourth-order valence-corrected chi connectivity index (χ4v) is 1.67. The molecule has 0 aromatic carbocycles. The predicted octanol–water partition coefficient (Wildman–Crippen LogP) is 1.08. The first-order chi connectivity index (χ1) is 7.40. The van der Waals surface area contributed by atoms with Crippen LogP contribution in [-0.4, -0.2) is 24.2 Å². The van der Waals surface area contributed by atoms with Crippen LogP contribution in [0.1, 0.15) is 18.4 Å². The summed E-state index contributed by atoms with van der Waals surface area (Å²) >= 11 is 0. The second-order valence-electron chi connectivity index (χ2n) is 3.57. The van der Waals surface area contributed by atoms with Crippen LogP contribution in [0.3, 0.4) is 0 Å². The van der Waals surface area contributed by atoms with E-state index >= 15 is 0 Å². The van der Waals surface area contributed by atoms with E-state index in [9.17, 15) is 0 Å². The van der Waals surface area contributed by atoms with Crippen LogP contribution in [0.5, 0.6) is 5.88 Å². The van der Waals surface area contributed by atoms with Crippen molar-refractivity contribution in [3.8, 4) is 11.9 Å². The van der Waals surface area contributed by atoms with Crippen LogP contribution in [0, 0.1) is 11.3 Å². The Hall–Kier alpha value is -1.60. The summed E-state index contributed by atoms with van der Waals surface area (Å²) < 4.78 is 5.52. The van der Waals surface area contributed by atoms with Gasteiger partial charge in [0.1, 0.15) is 18.2 Å². The molecule has 1 saturated heterocycles. The minimum absolute atomic E-state index is 0.401. The normalized spacial score (nSPS) is 19.8. The third-order valence-electron chi connectivity index (χ3n) is 2.48. The maximum absolute atomic E-state index is 8.82. The van der Waals surface area contributed by atoms with Gasteiger partial charge in [-0.15, -0.1) is 0 Å². The molecule has 1 fully saturated rings. The van der Waals surface area contributed by atoms with E-state index in [1.165, 1.54) is 6.42 Å². The Morgan fingerprint density at radius 3 is 3.33 bits per heavy atom. The predicted molar refractivity (Wildman–Crippen MR) is 55.5 cm³/mol. The first kappa shape index (κ1) is 9.94. The number of ether oxygens (including phenoxy) is 1. The number of hydrogen-bond donors (Lipinski definition) is 1. The van der Waals surface area contributed by atoms with Gasteiger partial charge in [0.2, 0.25) is 5.88 Å². The summed E-state index contributed by atoms with van der Waals surface area (Å²) in [6.07, 6.45) is 3.97. The third-order valence-corrected chi connectivity index (χ3v) is 2.48. The van der Waals surface area contributed by atoms with Gasteiger partial charge in [0.25, 0.3) is 0 Å². The lowest BCUT2D eigenvalue weighted by atomic mass is 10.2. The summed E-state index contributed by atoms with van der Waals surface area (Å²) in [4.78, 5) is 4.04. The van der Waals surface area contributed by atoms with E-state index in [1.54, 1.807) is 18.3 Å². The van der Waals surface area contributed by atoms with Crippen LogP contribution < -0.4 is 10.1 Å². The highest BCUT2D eigenvalue weighted by molar-refractivity contribution is 5.36. The zero-order valence-electron chi connectivity index (χ0n) is 8.44. The second kappa shape index (κ2) is 4.76. The lowest BCUT2D eigenvalue weighted by Crippen LogP contribution is -2.28. The van der Waals surface area contributed by atoms with E-state index in [1.807, 2.05) is 0 Å². The SMILES string of the molecule is N#Cc1cccnc1OC[C@H]1CCCN1. The fourth-order valence-electron chi connectivity index (χ4n) is 1.67. The van der Waals surface area contributed by atoms with Gasteiger partial charge in [0.15, 0.2) is 0 Å². The summed E-state index contributed by atoms with van der Waals surface area (Å²) in [5.74, 6) is 0.439. The number of nitrogens with one attached hydrogen (secondary N) is 1. The monoisotopic (exact) mass is 203 g/mol.